The van der Waals surface area contributed by atoms with E-state index in [2.05, 4.69) is 30.3 Å². The number of hydrogen-bond donors (Lipinski definition) is 3. The van der Waals surface area contributed by atoms with Gasteiger partial charge in [-0.25, -0.2) is 23.4 Å². The highest BCUT2D eigenvalue weighted by atomic mass is 32.2. The molecule has 3 N–H and O–H groups in total. The lowest BCUT2D eigenvalue weighted by atomic mass is 10.2. The molecule has 4 aromatic rings. The molecule has 8 nitrogen and oxygen atoms in total. The van der Waals surface area contributed by atoms with Gasteiger partial charge in [-0.15, -0.1) is 0 Å². The van der Waals surface area contributed by atoms with E-state index in [4.69, 9.17) is 0 Å². The van der Waals surface area contributed by atoms with Crippen LogP contribution in [-0.4, -0.2) is 23.4 Å². The number of rotatable bonds is 7. The number of nitrogens with zero attached hydrogens (tertiary/aromatic N) is 3. The summed E-state index contributed by atoms with van der Waals surface area (Å²) in [6.07, 6.45) is 1.70. The van der Waals surface area contributed by atoms with Gasteiger partial charge in [-0.2, -0.15) is 0 Å². The Bertz CT molecular complexity index is 1310. The Kier molecular flexibility index (Phi) is 6.00. The van der Waals surface area contributed by atoms with Gasteiger partial charge in [-0.3, -0.25) is 4.72 Å². The van der Waals surface area contributed by atoms with Crippen molar-refractivity contribution in [3.63, 3.8) is 0 Å². The van der Waals surface area contributed by atoms with Gasteiger partial charge in [0.1, 0.15) is 23.3 Å². The molecule has 0 aliphatic heterocycles. The summed E-state index contributed by atoms with van der Waals surface area (Å²) in [5, 5.41) is 6.36. The van der Waals surface area contributed by atoms with Crippen molar-refractivity contribution >= 4 is 38.9 Å². The summed E-state index contributed by atoms with van der Waals surface area (Å²) in [5.74, 6) is 2.49. The van der Waals surface area contributed by atoms with Crippen LogP contribution in [0.5, 0.6) is 0 Å². The highest BCUT2D eigenvalue weighted by molar-refractivity contribution is 7.92. The first kappa shape index (κ1) is 21.3. The molecule has 32 heavy (non-hydrogen) atoms. The van der Waals surface area contributed by atoms with Gasteiger partial charge in [0, 0.05) is 23.6 Å². The second kappa shape index (κ2) is 9.03. The fraction of sp³-hybridized carbons (Fsp3) is 0.0870. The van der Waals surface area contributed by atoms with Gasteiger partial charge in [0.2, 0.25) is 0 Å². The fourth-order valence-electron chi connectivity index (χ4n) is 2.96. The number of benzene rings is 2. The fourth-order valence-corrected chi connectivity index (χ4v) is 4.02. The minimum absolute atomic E-state index is 0.217. The van der Waals surface area contributed by atoms with E-state index in [1.807, 2.05) is 25.1 Å². The van der Waals surface area contributed by atoms with Gasteiger partial charge in [0.05, 0.1) is 4.90 Å². The molecule has 0 aliphatic rings. The first-order valence-corrected chi connectivity index (χ1v) is 11.4. The standard InChI is InChI=1S/C23H22N6O2S/c1-16-6-12-20(13-7-16)32(30,31)29-19-10-8-18(9-11-19)27-22-15-23(26-17(2)25-22)28-21-5-3-4-14-24-21/h3-15,29H,1-2H3,(H2,24,25,26,27,28). The summed E-state index contributed by atoms with van der Waals surface area (Å²) in [4.78, 5) is 13.2. The number of aryl methyl sites for hydroxylation is 2. The first-order chi connectivity index (χ1) is 15.4. The molecule has 9 heteroatoms. The Morgan fingerprint density at radius 2 is 1.38 bits per heavy atom. The predicted octanol–water partition coefficient (Wildman–Crippen LogP) is 4.78. The van der Waals surface area contributed by atoms with Crippen LogP contribution < -0.4 is 15.4 Å². The third-order valence-corrected chi connectivity index (χ3v) is 5.90. The summed E-state index contributed by atoms with van der Waals surface area (Å²) in [5.41, 5.74) is 2.22. The minimum atomic E-state index is -3.65. The van der Waals surface area contributed by atoms with Crippen molar-refractivity contribution < 1.29 is 8.42 Å². The Hall–Kier alpha value is -3.98. The zero-order valence-electron chi connectivity index (χ0n) is 17.6. The average molecular weight is 447 g/mol. The Morgan fingerprint density at radius 1 is 0.719 bits per heavy atom. The molecular weight excluding hydrogens is 424 g/mol. The van der Waals surface area contributed by atoms with E-state index in [1.54, 1.807) is 67.7 Å². The molecule has 4 rings (SSSR count). The molecule has 2 heterocycles. The molecule has 0 saturated heterocycles. The van der Waals surface area contributed by atoms with Gasteiger partial charge in [-0.1, -0.05) is 23.8 Å². The summed E-state index contributed by atoms with van der Waals surface area (Å²) in [7, 11) is -3.65. The molecule has 0 aliphatic carbocycles. The highest BCUT2D eigenvalue weighted by Crippen LogP contribution is 2.22. The largest absolute Gasteiger partial charge is 0.340 e. The van der Waals surface area contributed by atoms with Gasteiger partial charge in [-0.05, 0) is 62.4 Å². The number of nitrogens with one attached hydrogen (secondary N) is 3. The zero-order valence-corrected chi connectivity index (χ0v) is 18.4. The summed E-state index contributed by atoms with van der Waals surface area (Å²) in [6, 6.07) is 21.0. The van der Waals surface area contributed by atoms with E-state index >= 15 is 0 Å². The molecule has 162 valence electrons. The maximum Gasteiger partial charge on any atom is 0.261 e. The molecule has 0 atom stereocenters. The van der Waals surface area contributed by atoms with Crippen LogP contribution in [0, 0.1) is 13.8 Å². The van der Waals surface area contributed by atoms with Crippen molar-refractivity contribution in [1.82, 2.24) is 15.0 Å². The van der Waals surface area contributed by atoms with E-state index in [1.165, 1.54) is 0 Å². The molecule has 0 bridgehead atoms. The molecule has 2 aromatic heterocycles. The van der Waals surface area contributed by atoms with E-state index in [9.17, 15) is 8.42 Å². The maximum absolute atomic E-state index is 12.6. The summed E-state index contributed by atoms with van der Waals surface area (Å²) < 4.78 is 27.7. The lowest BCUT2D eigenvalue weighted by Crippen LogP contribution is -2.12. The first-order valence-electron chi connectivity index (χ1n) is 9.88. The molecular formula is C23H22N6O2S. The number of pyridine rings is 1. The summed E-state index contributed by atoms with van der Waals surface area (Å²) >= 11 is 0. The van der Waals surface area contributed by atoms with E-state index in [0.717, 1.165) is 11.3 Å². The molecule has 2 aromatic carbocycles. The van der Waals surface area contributed by atoms with Crippen molar-refractivity contribution in [3.05, 3.63) is 90.4 Å². The third kappa shape index (κ3) is 5.38. The van der Waals surface area contributed by atoms with Crippen LogP contribution in [0.4, 0.5) is 28.8 Å². The van der Waals surface area contributed by atoms with Crippen LogP contribution in [-0.2, 0) is 10.0 Å². The van der Waals surface area contributed by atoms with Gasteiger partial charge in [0.15, 0.2) is 0 Å². The van der Waals surface area contributed by atoms with Crippen molar-refractivity contribution in [3.8, 4) is 0 Å². The van der Waals surface area contributed by atoms with Crippen molar-refractivity contribution in [1.29, 1.82) is 0 Å². The van der Waals surface area contributed by atoms with E-state index in [0.29, 0.717) is 29.0 Å². The van der Waals surface area contributed by atoms with Crippen molar-refractivity contribution in [2.45, 2.75) is 18.7 Å². The zero-order chi connectivity index (χ0) is 22.6. The predicted molar refractivity (Wildman–Crippen MR) is 126 cm³/mol. The Balaban J connectivity index is 1.46. The molecule has 0 unspecified atom stereocenters. The molecule has 0 saturated carbocycles. The van der Waals surface area contributed by atoms with Gasteiger partial charge >= 0.3 is 0 Å². The topological polar surface area (TPSA) is 109 Å². The normalized spacial score (nSPS) is 11.1. The number of aromatic nitrogens is 3. The maximum atomic E-state index is 12.6. The average Bonchev–Trinajstić information content (AvgIpc) is 2.75. The van der Waals surface area contributed by atoms with Crippen molar-refractivity contribution in [2.75, 3.05) is 15.4 Å². The second-order valence-corrected chi connectivity index (χ2v) is 8.83. The van der Waals surface area contributed by atoms with Crippen molar-refractivity contribution in [2.24, 2.45) is 0 Å². The summed E-state index contributed by atoms with van der Waals surface area (Å²) in [6.45, 7) is 3.71. The van der Waals surface area contributed by atoms with E-state index in [-0.39, 0.29) is 4.90 Å². The molecule has 0 radical (unpaired) electrons. The minimum Gasteiger partial charge on any atom is -0.340 e. The molecule has 0 spiro atoms. The number of anilines is 5. The quantitative estimate of drug-likeness (QED) is 0.375. The van der Waals surface area contributed by atoms with Crippen LogP contribution >= 0.6 is 0 Å². The third-order valence-electron chi connectivity index (χ3n) is 4.50. The monoisotopic (exact) mass is 446 g/mol. The lowest BCUT2D eigenvalue weighted by molar-refractivity contribution is 0.601. The number of sulfonamides is 1. The SMILES string of the molecule is Cc1ccc(S(=O)(=O)Nc2ccc(Nc3cc(Nc4ccccn4)nc(C)n3)cc2)cc1. The molecule has 0 amide bonds. The van der Waals surface area contributed by atoms with E-state index < -0.39 is 10.0 Å². The highest BCUT2D eigenvalue weighted by Gasteiger charge is 2.13. The number of hydrogen-bond acceptors (Lipinski definition) is 7. The second-order valence-electron chi connectivity index (χ2n) is 7.15. The Labute approximate surface area is 186 Å². The van der Waals surface area contributed by atoms with Crippen LogP contribution in [0.1, 0.15) is 11.4 Å². The van der Waals surface area contributed by atoms with Crippen LogP contribution in [0.15, 0.2) is 83.9 Å². The van der Waals surface area contributed by atoms with Crippen LogP contribution in [0.3, 0.4) is 0 Å². The molecule has 0 fully saturated rings. The van der Waals surface area contributed by atoms with Gasteiger partial charge in [0.25, 0.3) is 10.0 Å². The lowest BCUT2D eigenvalue weighted by Gasteiger charge is -2.11. The Morgan fingerprint density at radius 3 is 2.03 bits per heavy atom. The van der Waals surface area contributed by atoms with Crippen LogP contribution in [0.25, 0.3) is 0 Å². The van der Waals surface area contributed by atoms with Gasteiger partial charge < -0.3 is 10.6 Å². The van der Waals surface area contributed by atoms with Crippen LogP contribution in [0.2, 0.25) is 0 Å². The smallest absolute Gasteiger partial charge is 0.261 e.